The van der Waals surface area contributed by atoms with Gasteiger partial charge in [-0.1, -0.05) is 13.8 Å². The molecule has 0 bridgehead atoms. The average Bonchev–Trinajstić information content (AvgIpc) is 2.90. The van der Waals surface area contributed by atoms with Crippen LogP contribution in [0.1, 0.15) is 24.2 Å². The highest BCUT2D eigenvalue weighted by Gasteiger charge is 2.18. The van der Waals surface area contributed by atoms with Crippen molar-refractivity contribution in [2.75, 3.05) is 38.1 Å². The summed E-state index contributed by atoms with van der Waals surface area (Å²) in [5.41, 5.74) is 2.78. The van der Waals surface area contributed by atoms with E-state index in [4.69, 9.17) is 0 Å². The van der Waals surface area contributed by atoms with Gasteiger partial charge in [0.25, 0.3) is 0 Å². The molecule has 0 aromatic carbocycles. The third kappa shape index (κ3) is 2.65. The highest BCUT2D eigenvalue weighted by atomic mass is 16.1. The molecular weight excluding hydrogens is 264 g/mol. The summed E-state index contributed by atoms with van der Waals surface area (Å²) in [6.45, 7) is 8.06. The molecule has 2 aromatic heterocycles. The van der Waals surface area contributed by atoms with Crippen molar-refractivity contribution in [3.63, 3.8) is 0 Å². The molecule has 1 aliphatic heterocycles. The molecule has 1 aliphatic rings. The molecule has 0 atom stereocenters. The Hall–Kier alpha value is -1.88. The van der Waals surface area contributed by atoms with Crippen LogP contribution in [0.5, 0.6) is 0 Å². The fraction of sp³-hybridized carbons (Fsp3) is 0.500. The first-order chi connectivity index (χ1) is 10.1. The monoisotopic (exact) mass is 286 g/mol. The van der Waals surface area contributed by atoms with Crippen LogP contribution in [0.4, 0.5) is 5.69 Å². The zero-order valence-electron chi connectivity index (χ0n) is 12.9. The van der Waals surface area contributed by atoms with Gasteiger partial charge in [-0.3, -0.25) is 4.79 Å². The van der Waals surface area contributed by atoms with Crippen molar-refractivity contribution in [2.24, 2.45) is 5.92 Å². The molecule has 3 heterocycles. The van der Waals surface area contributed by atoms with E-state index in [0.29, 0.717) is 0 Å². The fourth-order valence-corrected chi connectivity index (χ4v) is 2.73. The normalized spacial score (nSPS) is 16.9. The predicted octanol–water partition coefficient (Wildman–Crippen LogP) is 1.92. The van der Waals surface area contributed by atoms with Crippen LogP contribution in [0, 0.1) is 5.92 Å². The molecule has 0 spiro atoms. The zero-order chi connectivity index (χ0) is 15.0. The third-order valence-electron chi connectivity index (χ3n) is 4.16. The van der Waals surface area contributed by atoms with Gasteiger partial charge in [0.1, 0.15) is 0 Å². The standard InChI is InChI=1S/C16H22N4O/c1-12(2)16(21)14-10-17-20-11-13(4-5-15(14)20)19-8-6-18(3)7-9-19/h4-5,10-12H,6-9H2,1-3H3. The summed E-state index contributed by atoms with van der Waals surface area (Å²) in [6.07, 6.45) is 3.71. The molecule has 0 saturated carbocycles. The van der Waals surface area contributed by atoms with Crippen LogP contribution >= 0.6 is 0 Å². The SMILES string of the molecule is CC(C)C(=O)c1cnn2cc(N3CCN(C)CC3)ccc12. The number of piperazine rings is 1. The fourth-order valence-electron chi connectivity index (χ4n) is 2.73. The van der Waals surface area contributed by atoms with Crippen molar-refractivity contribution in [1.29, 1.82) is 0 Å². The molecule has 5 heteroatoms. The minimum absolute atomic E-state index is 0.00434. The lowest BCUT2D eigenvalue weighted by Crippen LogP contribution is -2.44. The number of hydrogen-bond donors (Lipinski definition) is 0. The molecule has 2 aromatic rings. The van der Waals surface area contributed by atoms with Crippen molar-refractivity contribution < 1.29 is 4.79 Å². The maximum Gasteiger partial charge on any atom is 0.169 e. The van der Waals surface area contributed by atoms with Crippen LogP contribution in [0.25, 0.3) is 5.52 Å². The lowest BCUT2D eigenvalue weighted by atomic mass is 10.0. The summed E-state index contributed by atoms with van der Waals surface area (Å²) in [6, 6.07) is 4.11. The summed E-state index contributed by atoms with van der Waals surface area (Å²) in [7, 11) is 2.15. The number of carbonyl (C=O) groups is 1. The number of nitrogens with zero attached hydrogens (tertiary/aromatic N) is 4. The van der Waals surface area contributed by atoms with Crippen molar-refractivity contribution in [3.8, 4) is 0 Å². The molecule has 0 aliphatic carbocycles. The zero-order valence-corrected chi connectivity index (χ0v) is 12.9. The Bertz CT molecular complexity index is 653. The Morgan fingerprint density at radius 3 is 2.57 bits per heavy atom. The first kappa shape index (κ1) is 14.1. The molecule has 3 rings (SSSR count). The maximum atomic E-state index is 12.2. The van der Waals surface area contributed by atoms with Crippen LogP contribution in [-0.2, 0) is 0 Å². The van der Waals surface area contributed by atoms with Gasteiger partial charge in [0.15, 0.2) is 5.78 Å². The second-order valence-corrected chi connectivity index (χ2v) is 6.08. The molecule has 0 amide bonds. The van der Waals surface area contributed by atoms with Gasteiger partial charge in [0.05, 0.1) is 29.2 Å². The molecule has 1 saturated heterocycles. The lowest BCUT2D eigenvalue weighted by molar-refractivity contribution is 0.0941. The number of likely N-dealkylation sites (N-methyl/N-ethyl adjacent to an activating group) is 1. The number of carbonyl (C=O) groups excluding carboxylic acids is 1. The van der Waals surface area contributed by atoms with Gasteiger partial charge in [0, 0.05) is 32.1 Å². The Labute approximate surface area is 125 Å². The first-order valence-electron chi connectivity index (χ1n) is 7.51. The average molecular weight is 286 g/mol. The second-order valence-electron chi connectivity index (χ2n) is 6.08. The van der Waals surface area contributed by atoms with Crippen LogP contribution in [0.15, 0.2) is 24.5 Å². The van der Waals surface area contributed by atoms with Crippen molar-refractivity contribution in [1.82, 2.24) is 14.5 Å². The summed E-state index contributed by atoms with van der Waals surface area (Å²) in [5, 5.41) is 4.35. The molecule has 0 radical (unpaired) electrons. The number of anilines is 1. The molecular formula is C16H22N4O. The number of aromatic nitrogens is 2. The summed E-state index contributed by atoms with van der Waals surface area (Å²) >= 11 is 0. The van der Waals surface area contributed by atoms with Crippen LogP contribution in [0.3, 0.4) is 0 Å². The van der Waals surface area contributed by atoms with E-state index < -0.39 is 0 Å². The molecule has 112 valence electrons. The van der Waals surface area contributed by atoms with Crippen LogP contribution in [0.2, 0.25) is 0 Å². The maximum absolute atomic E-state index is 12.2. The molecule has 1 fully saturated rings. The van der Waals surface area contributed by atoms with Gasteiger partial charge < -0.3 is 9.80 Å². The Morgan fingerprint density at radius 2 is 1.90 bits per heavy atom. The number of fused-ring (bicyclic) bond motifs is 1. The molecule has 21 heavy (non-hydrogen) atoms. The van der Waals surface area contributed by atoms with Gasteiger partial charge >= 0.3 is 0 Å². The summed E-state index contributed by atoms with van der Waals surface area (Å²) < 4.78 is 1.82. The molecule has 0 N–H and O–H groups in total. The highest BCUT2D eigenvalue weighted by molar-refractivity contribution is 6.03. The minimum atomic E-state index is -0.00434. The van der Waals surface area contributed by atoms with Gasteiger partial charge in [-0.15, -0.1) is 0 Å². The second kappa shape index (κ2) is 5.48. The van der Waals surface area contributed by atoms with Crippen molar-refractivity contribution >= 4 is 17.0 Å². The van der Waals surface area contributed by atoms with E-state index in [1.165, 1.54) is 5.69 Å². The van der Waals surface area contributed by atoms with Crippen molar-refractivity contribution in [2.45, 2.75) is 13.8 Å². The van der Waals surface area contributed by atoms with E-state index in [1.807, 2.05) is 30.6 Å². The Balaban J connectivity index is 1.90. The third-order valence-corrected chi connectivity index (χ3v) is 4.16. The van der Waals surface area contributed by atoms with Gasteiger partial charge in [-0.2, -0.15) is 5.10 Å². The van der Waals surface area contributed by atoms with E-state index in [-0.39, 0.29) is 11.7 Å². The highest BCUT2D eigenvalue weighted by Crippen LogP contribution is 2.21. The van der Waals surface area contributed by atoms with E-state index in [9.17, 15) is 4.79 Å². The Morgan fingerprint density at radius 1 is 1.19 bits per heavy atom. The van der Waals surface area contributed by atoms with E-state index in [1.54, 1.807) is 6.20 Å². The number of hydrogen-bond acceptors (Lipinski definition) is 4. The van der Waals surface area contributed by atoms with E-state index in [0.717, 1.165) is 37.3 Å². The predicted molar refractivity (Wildman–Crippen MR) is 84.1 cm³/mol. The van der Waals surface area contributed by atoms with Crippen LogP contribution in [-0.4, -0.2) is 53.5 Å². The van der Waals surface area contributed by atoms with Gasteiger partial charge in [-0.25, -0.2) is 4.52 Å². The Kier molecular flexibility index (Phi) is 3.68. The van der Waals surface area contributed by atoms with Gasteiger partial charge in [-0.05, 0) is 19.2 Å². The summed E-state index contributed by atoms with van der Waals surface area (Å²) in [5.74, 6) is 0.146. The topological polar surface area (TPSA) is 40.9 Å². The molecule has 0 unspecified atom stereocenters. The number of ketones is 1. The lowest BCUT2D eigenvalue weighted by Gasteiger charge is -2.33. The molecule has 5 nitrogen and oxygen atoms in total. The first-order valence-corrected chi connectivity index (χ1v) is 7.51. The van der Waals surface area contributed by atoms with Crippen LogP contribution < -0.4 is 4.90 Å². The minimum Gasteiger partial charge on any atom is -0.368 e. The number of pyridine rings is 1. The van der Waals surface area contributed by atoms with Crippen molar-refractivity contribution in [3.05, 3.63) is 30.1 Å². The van der Waals surface area contributed by atoms with Gasteiger partial charge in [0.2, 0.25) is 0 Å². The number of rotatable bonds is 3. The van der Waals surface area contributed by atoms with E-state index >= 15 is 0 Å². The summed E-state index contributed by atoms with van der Waals surface area (Å²) in [4.78, 5) is 16.9. The largest absolute Gasteiger partial charge is 0.368 e. The quantitative estimate of drug-likeness (QED) is 0.808. The smallest absolute Gasteiger partial charge is 0.169 e. The van der Waals surface area contributed by atoms with E-state index in [2.05, 4.69) is 28.0 Å². The number of Topliss-reactive ketones (excluding diaryl/α,β-unsaturated/α-hetero) is 1.